The Morgan fingerprint density at radius 2 is 1.91 bits per heavy atom. The monoisotopic (exact) mass is 443 g/mol. The largest absolute Gasteiger partial charge is 0.393 e. The zero-order valence-electron chi connectivity index (χ0n) is 16.8. The molecule has 1 saturated carbocycles. The fourth-order valence-electron chi connectivity index (χ4n) is 3.90. The average Bonchev–Trinajstić information content (AvgIpc) is 3.45. The molecule has 0 atom stereocenters. The van der Waals surface area contributed by atoms with Crippen LogP contribution in [0.4, 0.5) is 30.4 Å². The molecule has 0 bridgehead atoms. The van der Waals surface area contributed by atoms with Crippen molar-refractivity contribution >= 4 is 34.0 Å². The summed E-state index contributed by atoms with van der Waals surface area (Å²) in [6.07, 6.45) is 6.25. The van der Waals surface area contributed by atoms with Crippen LogP contribution in [0.2, 0.25) is 0 Å². The van der Waals surface area contributed by atoms with Crippen LogP contribution in [0.5, 0.6) is 0 Å². The molecule has 8 nitrogen and oxygen atoms in total. The van der Waals surface area contributed by atoms with Crippen molar-refractivity contribution in [3.05, 3.63) is 59.9 Å². The van der Waals surface area contributed by atoms with Crippen LogP contribution in [0, 0.1) is 22.9 Å². The second kappa shape index (κ2) is 7.16. The number of halogens is 3. The maximum atomic E-state index is 14.5. The molecule has 1 spiro atoms. The Balaban J connectivity index is 1.28. The number of carbonyl (C=O) groups excluding carboxylic acids is 1. The molecule has 166 valence electrons. The number of amides is 1. The van der Waals surface area contributed by atoms with Crippen molar-refractivity contribution in [2.45, 2.75) is 12.8 Å². The van der Waals surface area contributed by atoms with Crippen LogP contribution in [-0.4, -0.2) is 29.0 Å². The number of rotatable bonds is 5. The van der Waals surface area contributed by atoms with Gasteiger partial charge in [-0.1, -0.05) is 0 Å². The summed E-state index contributed by atoms with van der Waals surface area (Å²) in [7, 11) is 0. The highest BCUT2D eigenvalue weighted by Gasteiger charge is 2.53. The zero-order chi connectivity index (χ0) is 22.6. The Kier molecular flexibility index (Phi) is 4.52. The fourth-order valence-corrected chi connectivity index (χ4v) is 3.90. The molecule has 2 fully saturated rings. The minimum absolute atomic E-state index is 0.202. The lowest BCUT2D eigenvalue weighted by molar-refractivity contribution is -0.112. The molecular formula is C21H20F3N7O. The smallest absolute Gasteiger partial charge is 0.273 e. The summed E-state index contributed by atoms with van der Waals surface area (Å²) in [5.41, 5.74) is 6.61. The third-order valence-electron chi connectivity index (χ3n) is 5.93. The number of nitrogens with one attached hydrogen (secondary N) is 2. The summed E-state index contributed by atoms with van der Waals surface area (Å²) < 4.78 is 41.4. The lowest BCUT2D eigenvalue weighted by Crippen LogP contribution is -2.49. The van der Waals surface area contributed by atoms with Crippen LogP contribution in [0.3, 0.4) is 0 Å². The highest BCUT2D eigenvalue weighted by molar-refractivity contribution is 6.08. The predicted molar refractivity (Wildman–Crippen MR) is 114 cm³/mol. The van der Waals surface area contributed by atoms with Crippen molar-refractivity contribution in [2.24, 2.45) is 17.0 Å². The average molecular weight is 443 g/mol. The first kappa shape index (κ1) is 20.2. The van der Waals surface area contributed by atoms with Crippen LogP contribution in [-0.2, 0) is 4.79 Å². The maximum Gasteiger partial charge on any atom is 0.273 e. The van der Waals surface area contributed by atoms with Gasteiger partial charge in [0.05, 0.1) is 29.3 Å². The summed E-state index contributed by atoms with van der Waals surface area (Å²) >= 11 is 0. The summed E-state index contributed by atoms with van der Waals surface area (Å²) in [4.78, 5) is 21.2. The summed E-state index contributed by atoms with van der Waals surface area (Å²) in [5.74, 6) is 2.88. The molecule has 1 saturated heterocycles. The third-order valence-corrected chi connectivity index (χ3v) is 5.93. The van der Waals surface area contributed by atoms with Gasteiger partial charge < -0.3 is 20.9 Å². The Morgan fingerprint density at radius 1 is 1.19 bits per heavy atom. The van der Waals surface area contributed by atoms with Gasteiger partial charge >= 0.3 is 0 Å². The Hall–Kier alpha value is -3.73. The molecule has 5 rings (SSSR count). The number of hydrogen-bond acceptors (Lipinski definition) is 6. The number of anilines is 3. The van der Waals surface area contributed by atoms with Crippen LogP contribution in [0.1, 0.15) is 12.8 Å². The number of fused-ring (bicyclic) bond motifs is 1. The van der Waals surface area contributed by atoms with Crippen molar-refractivity contribution in [1.82, 2.24) is 9.97 Å². The normalized spacial score (nSPS) is 16.9. The lowest BCUT2D eigenvalue weighted by Gasteiger charge is -2.41. The number of H-pyrrole nitrogens is 1. The topological polar surface area (TPSA) is 116 Å². The number of nitrogens with zero attached hydrogens (tertiary/aromatic N) is 3. The zero-order valence-corrected chi connectivity index (χ0v) is 16.8. The summed E-state index contributed by atoms with van der Waals surface area (Å²) in [6.45, 7) is 1.61. The van der Waals surface area contributed by atoms with E-state index >= 15 is 0 Å². The van der Waals surface area contributed by atoms with E-state index in [1.165, 1.54) is 31.3 Å². The second-order valence-corrected chi connectivity index (χ2v) is 8.32. The molecule has 2 aliphatic rings. The minimum atomic E-state index is -1.05. The van der Waals surface area contributed by atoms with Gasteiger partial charge in [0, 0.05) is 42.2 Å². The molecule has 1 amide bonds. The molecule has 32 heavy (non-hydrogen) atoms. The van der Waals surface area contributed by atoms with Crippen molar-refractivity contribution in [2.75, 3.05) is 28.3 Å². The van der Waals surface area contributed by atoms with E-state index in [0.717, 1.165) is 36.4 Å². The van der Waals surface area contributed by atoms with Gasteiger partial charge in [0.15, 0.2) is 23.3 Å². The van der Waals surface area contributed by atoms with Gasteiger partial charge in [-0.3, -0.25) is 9.80 Å². The molecule has 3 heterocycles. The van der Waals surface area contributed by atoms with E-state index in [-0.39, 0.29) is 28.3 Å². The minimum Gasteiger partial charge on any atom is -0.393 e. The Bertz CT molecular complexity index is 1260. The molecule has 1 aliphatic carbocycles. The molecular weight excluding hydrogens is 423 g/mol. The third kappa shape index (κ3) is 3.50. The van der Waals surface area contributed by atoms with Crippen LogP contribution in [0.25, 0.3) is 10.9 Å². The van der Waals surface area contributed by atoms with Crippen LogP contribution < -0.4 is 26.8 Å². The molecule has 1 aromatic carbocycles. The quantitative estimate of drug-likeness (QED) is 0.274. The van der Waals surface area contributed by atoms with Gasteiger partial charge in [-0.25, -0.2) is 24.0 Å². The van der Waals surface area contributed by atoms with E-state index < -0.39 is 23.4 Å². The van der Waals surface area contributed by atoms with Crippen molar-refractivity contribution < 1.29 is 18.0 Å². The molecule has 3 aromatic rings. The van der Waals surface area contributed by atoms with E-state index in [0.29, 0.717) is 10.9 Å². The van der Waals surface area contributed by atoms with Gasteiger partial charge in [-0.05, 0) is 18.9 Å². The van der Waals surface area contributed by atoms with E-state index in [4.69, 9.17) is 11.6 Å². The molecule has 11 heteroatoms. The molecule has 1 aliphatic heterocycles. The van der Waals surface area contributed by atoms with Gasteiger partial charge in [0.25, 0.3) is 5.91 Å². The maximum absolute atomic E-state index is 14.5. The number of pyridine rings is 1. The Morgan fingerprint density at radius 3 is 2.59 bits per heavy atom. The van der Waals surface area contributed by atoms with Crippen LogP contribution in [0.15, 0.2) is 42.5 Å². The SMILES string of the molecule is N/C(=C\N(N)c1cnc(N2CC3(CC3)C2)c(F)c1)C(=O)Nc1c[nH]c2cc(F)c(F)cc12. The molecule has 0 unspecified atom stereocenters. The van der Waals surface area contributed by atoms with E-state index in [1.54, 1.807) is 0 Å². The van der Waals surface area contributed by atoms with Crippen molar-refractivity contribution in [3.63, 3.8) is 0 Å². The highest BCUT2D eigenvalue weighted by Crippen LogP contribution is 2.53. The van der Waals surface area contributed by atoms with Gasteiger partial charge in [-0.15, -0.1) is 0 Å². The Labute approximate surface area is 180 Å². The van der Waals surface area contributed by atoms with E-state index in [9.17, 15) is 18.0 Å². The second-order valence-electron chi connectivity index (χ2n) is 8.32. The number of hydrogen-bond donors (Lipinski definition) is 4. The first-order valence-corrected chi connectivity index (χ1v) is 9.94. The summed E-state index contributed by atoms with van der Waals surface area (Å²) in [5, 5.41) is 3.76. The van der Waals surface area contributed by atoms with Crippen molar-refractivity contribution in [3.8, 4) is 0 Å². The summed E-state index contributed by atoms with van der Waals surface area (Å²) in [6, 6.07) is 3.17. The predicted octanol–water partition coefficient (Wildman–Crippen LogP) is 2.70. The first-order chi connectivity index (χ1) is 15.2. The first-order valence-electron chi connectivity index (χ1n) is 9.94. The van der Waals surface area contributed by atoms with Gasteiger partial charge in [-0.2, -0.15) is 0 Å². The number of aromatic nitrogens is 2. The number of benzene rings is 1. The van der Waals surface area contributed by atoms with Gasteiger partial charge in [0.2, 0.25) is 0 Å². The van der Waals surface area contributed by atoms with Crippen LogP contribution >= 0.6 is 0 Å². The molecule has 6 N–H and O–H groups in total. The highest BCUT2D eigenvalue weighted by atomic mass is 19.2. The number of nitrogens with two attached hydrogens (primary N) is 2. The fraction of sp³-hybridized carbons (Fsp3) is 0.238. The number of aromatic amines is 1. The molecule has 0 radical (unpaired) electrons. The molecule has 2 aromatic heterocycles. The van der Waals surface area contributed by atoms with E-state index in [1.807, 2.05) is 4.90 Å². The van der Waals surface area contributed by atoms with Gasteiger partial charge in [0.1, 0.15) is 5.70 Å². The lowest BCUT2D eigenvalue weighted by atomic mass is 9.97. The number of hydrazine groups is 1. The standard InChI is InChI=1S/C21H20F3N7O/c22-13-4-12-17(5-14(13)23)27-7-18(12)29-20(32)16(25)8-31(26)11-3-15(24)19(28-6-11)30-9-21(10-30)1-2-21/h3-8,27H,1-2,9-10,25-26H2,(H,29,32)/b16-8-. The number of carbonyl (C=O) groups is 1. The van der Waals surface area contributed by atoms with E-state index in [2.05, 4.69) is 15.3 Å². The van der Waals surface area contributed by atoms with Crippen molar-refractivity contribution in [1.29, 1.82) is 0 Å².